The number of ketones is 1. The molecule has 0 spiro atoms. The lowest BCUT2D eigenvalue weighted by molar-refractivity contribution is 0.0911. The molecule has 7 heteroatoms. The lowest BCUT2D eigenvalue weighted by Gasteiger charge is -2.30. The van der Waals surface area contributed by atoms with Crippen molar-refractivity contribution in [2.45, 2.75) is 64.5 Å². The minimum Gasteiger partial charge on any atom is -0.393 e. The number of aromatic nitrogens is 1. The van der Waals surface area contributed by atoms with Crippen LogP contribution >= 0.6 is 11.3 Å². The molecule has 4 N–H and O–H groups in total. The Morgan fingerprint density at radius 3 is 2.66 bits per heavy atom. The number of thiophene rings is 1. The van der Waals surface area contributed by atoms with E-state index >= 15 is 0 Å². The van der Waals surface area contributed by atoms with Gasteiger partial charge in [-0.25, -0.2) is 0 Å². The van der Waals surface area contributed by atoms with E-state index in [1.165, 1.54) is 0 Å². The fraction of sp³-hybridized carbons (Fsp3) is 0.440. The molecule has 168 valence electrons. The first-order valence-electron chi connectivity index (χ1n) is 11.3. The third kappa shape index (κ3) is 3.63. The molecular formula is C25H29N3O3S. The van der Waals surface area contributed by atoms with Gasteiger partial charge in [-0.2, -0.15) is 0 Å². The first-order chi connectivity index (χ1) is 15.2. The Labute approximate surface area is 191 Å². The summed E-state index contributed by atoms with van der Waals surface area (Å²) < 4.78 is 2.19. The number of anilines is 1. The lowest BCUT2D eigenvalue weighted by atomic mass is 9.76. The van der Waals surface area contributed by atoms with E-state index in [0.29, 0.717) is 17.7 Å². The minimum atomic E-state index is -0.470. The van der Waals surface area contributed by atoms with E-state index < -0.39 is 5.91 Å². The maximum atomic E-state index is 13.1. The normalized spacial score (nSPS) is 22.7. The number of fused-ring (bicyclic) bond motifs is 3. The van der Waals surface area contributed by atoms with Gasteiger partial charge in [0.05, 0.1) is 11.7 Å². The summed E-state index contributed by atoms with van der Waals surface area (Å²) in [5.41, 5.74) is 9.57. The molecule has 1 amide bonds. The molecule has 0 saturated heterocycles. The predicted molar refractivity (Wildman–Crippen MR) is 128 cm³/mol. The number of primary amides is 1. The number of rotatable bonds is 4. The summed E-state index contributed by atoms with van der Waals surface area (Å²) in [5.74, 6) is -0.270. The quantitative estimate of drug-likeness (QED) is 0.537. The Morgan fingerprint density at radius 1 is 1.19 bits per heavy atom. The summed E-state index contributed by atoms with van der Waals surface area (Å²) in [4.78, 5) is 26.2. The number of hydrogen-bond acceptors (Lipinski definition) is 5. The number of hydrogen-bond donors (Lipinski definition) is 3. The number of amides is 1. The number of aliphatic hydroxyl groups excluding tert-OH is 1. The van der Waals surface area contributed by atoms with Crippen LogP contribution in [0.3, 0.4) is 0 Å². The number of nitrogens with zero attached hydrogens (tertiary/aromatic N) is 1. The van der Waals surface area contributed by atoms with Crippen LogP contribution in [0.1, 0.15) is 72.4 Å². The van der Waals surface area contributed by atoms with Crippen LogP contribution in [-0.4, -0.2) is 33.5 Å². The molecule has 6 nitrogen and oxygen atoms in total. The van der Waals surface area contributed by atoms with Gasteiger partial charge in [0.25, 0.3) is 5.91 Å². The summed E-state index contributed by atoms with van der Waals surface area (Å²) in [6, 6.07) is 7.90. The van der Waals surface area contributed by atoms with Gasteiger partial charge in [0, 0.05) is 40.5 Å². The predicted octanol–water partition coefficient (Wildman–Crippen LogP) is 4.66. The van der Waals surface area contributed by atoms with Gasteiger partial charge >= 0.3 is 0 Å². The monoisotopic (exact) mass is 451 g/mol. The van der Waals surface area contributed by atoms with Crippen molar-refractivity contribution in [1.82, 2.24) is 4.57 Å². The summed E-state index contributed by atoms with van der Waals surface area (Å²) in [6.45, 7) is 4.28. The molecular weight excluding hydrogens is 422 g/mol. The van der Waals surface area contributed by atoms with E-state index in [1.54, 1.807) is 17.4 Å². The van der Waals surface area contributed by atoms with Gasteiger partial charge in [-0.15, -0.1) is 11.3 Å². The summed E-state index contributed by atoms with van der Waals surface area (Å²) in [6.07, 6.45) is 4.32. The zero-order chi connectivity index (χ0) is 22.6. The molecule has 0 bridgehead atoms. The average molecular weight is 452 g/mol. The average Bonchev–Trinajstić information content (AvgIpc) is 3.28. The second kappa shape index (κ2) is 7.74. The summed E-state index contributed by atoms with van der Waals surface area (Å²) >= 11 is 1.63. The standard InChI is InChI=1S/C25H29N3O3S/c1-25(2)12-20-22(21(30)13-25)18-9-10-32-24(18)28(20)15-5-8-17(23(26)31)19(11-15)27-14-3-6-16(29)7-4-14/h5,8-11,14,16,27,29H,3-4,6-7,12-13H2,1-2H3,(H2,26,31). The van der Waals surface area contributed by atoms with Gasteiger partial charge in [0.1, 0.15) is 4.83 Å². The fourth-order valence-electron chi connectivity index (χ4n) is 5.29. The van der Waals surface area contributed by atoms with Gasteiger partial charge < -0.3 is 20.7 Å². The Balaban J connectivity index is 1.62. The second-order valence-electron chi connectivity index (χ2n) is 9.98. The van der Waals surface area contributed by atoms with E-state index in [4.69, 9.17) is 5.73 Å². The molecule has 0 unspecified atom stereocenters. The number of Topliss-reactive ketones (excluding diaryl/α,β-unsaturated/α-hetero) is 1. The van der Waals surface area contributed by atoms with Crippen molar-refractivity contribution in [3.05, 3.63) is 46.5 Å². The maximum Gasteiger partial charge on any atom is 0.250 e. The number of nitrogens with one attached hydrogen (secondary N) is 1. The van der Waals surface area contributed by atoms with Crippen molar-refractivity contribution in [2.24, 2.45) is 11.1 Å². The van der Waals surface area contributed by atoms with Crippen LogP contribution in [-0.2, 0) is 6.42 Å². The molecule has 1 saturated carbocycles. The van der Waals surface area contributed by atoms with Crippen LogP contribution in [0.25, 0.3) is 15.9 Å². The van der Waals surface area contributed by atoms with Gasteiger partial charge in [0.15, 0.2) is 5.78 Å². The SMILES string of the molecule is CC1(C)CC(=O)c2c(n(-c3ccc(C(N)=O)c(NC4CCC(O)CC4)c3)c3sccc23)C1. The smallest absolute Gasteiger partial charge is 0.250 e. The molecule has 5 rings (SSSR count). The third-order valence-electron chi connectivity index (χ3n) is 6.82. The molecule has 1 aromatic carbocycles. The highest BCUT2D eigenvalue weighted by atomic mass is 32.1. The third-order valence-corrected chi connectivity index (χ3v) is 7.72. The van der Waals surface area contributed by atoms with Crippen molar-refractivity contribution in [3.8, 4) is 5.69 Å². The Hall–Kier alpha value is -2.64. The molecule has 1 fully saturated rings. The zero-order valence-electron chi connectivity index (χ0n) is 18.5. The van der Waals surface area contributed by atoms with E-state index in [9.17, 15) is 14.7 Å². The van der Waals surface area contributed by atoms with E-state index in [-0.39, 0.29) is 23.3 Å². The van der Waals surface area contributed by atoms with Gasteiger partial charge in [-0.3, -0.25) is 9.59 Å². The number of benzene rings is 1. The van der Waals surface area contributed by atoms with Crippen molar-refractivity contribution in [2.75, 3.05) is 5.32 Å². The molecule has 0 atom stereocenters. The van der Waals surface area contributed by atoms with Crippen molar-refractivity contribution < 1.29 is 14.7 Å². The molecule has 0 radical (unpaired) electrons. The van der Waals surface area contributed by atoms with Gasteiger partial charge in [-0.05, 0) is 67.2 Å². The van der Waals surface area contributed by atoms with Crippen LogP contribution in [0.5, 0.6) is 0 Å². The number of nitrogens with two attached hydrogens (primary N) is 1. The van der Waals surface area contributed by atoms with E-state index in [0.717, 1.165) is 59.3 Å². The lowest BCUT2D eigenvalue weighted by Crippen LogP contribution is -2.29. The Morgan fingerprint density at radius 2 is 1.94 bits per heavy atom. The highest BCUT2D eigenvalue weighted by Crippen LogP contribution is 2.43. The molecule has 2 aromatic heterocycles. The van der Waals surface area contributed by atoms with Crippen molar-refractivity contribution >= 4 is 38.9 Å². The van der Waals surface area contributed by atoms with Gasteiger partial charge in [0.2, 0.25) is 0 Å². The molecule has 32 heavy (non-hydrogen) atoms. The topological polar surface area (TPSA) is 97.4 Å². The molecule has 3 aromatic rings. The Kier molecular flexibility index (Phi) is 5.13. The van der Waals surface area contributed by atoms with Crippen LogP contribution in [0.2, 0.25) is 0 Å². The first kappa shape index (κ1) is 21.2. The fourth-order valence-corrected chi connectivity index (χ4v) is 6.24. The maximum absolute atomic E-state index is 13.1. The van der Waals surface area contributed by atoms with Crippen molar-refractivity contribution in [1.29, 1.82) is 0 Å². The summed E-state index contributed by atoms with van der Waals surface area (Å²) in [5, 5.41) is 16.4. The zero-order valence-corrected chi connectivity index (χ0v) is 19.3. The van der Waals surface area contributed by atoms with Crippen molar-refractivity contribution in [3.63, 3.8) is 0 Å². The van der Waals surface area contributed by atoms with Crippen LogP contribution in [0.15, 0.2) is 29.6 Å². The van der Waals surface area contributed by atoms with E-state index in [2.05, 4.69) is 23.7 Å². The minimum absolute atomic E-state index is 0.0977. The highest BCUT2D eigenvalue weighted by molar-refractivity contribution is 7.17. The Bertz CT molecular complexity index is 1210. The van der Waals surface area contributed by atoms with E-state index in [1.807, 2.05) is 23.6 Å². The second-order valence-corrected chi connectivity index (χ2v) is 10.9. The molecule has 2 aliphatic carbocycles. The summed E-state index contributed by atoms with van der Waals surface area (Å²) in [7, 11) is 0. The van der Waals surface area contributed by atoms with Gasteiger partial charge in [-0.1, -0.05) is 13.8 Å². The van der Waals surface area contributed by atoms with Crippen LogP contribution in [0.4, 0.5) is 5.69 Å². The van der Waals surface area contributed by atoms with Crippen LogP contribution < -0.4 is 11.1 Å². The molecule has 2 heterocycles. The number of carbonyl (C=O) groups excluding carboxylic acids is 2. The highest BCUT2D eigenvalue weighted by Gasteiger charge is 2.36. The largest absolute Gasteiger partial charge is 0.393 e. The number of aliphatic hydroxyl groups is 1. The number of carbonyl (C=O) groups is 2. The molecule has 0 aliphatic heterocycles. The van der Waals surface area contributed by atoms with Crippen LogP contribution in [0, 0.1) is 5.41 Å². The molecule has 2 aliphatic rings. The first-order valence-corrected chi connectivity index (χ1v) is 12.1.